The molecule has 1 aromatic rings. The molecule has 0 bridgehead atoms. The highest BCUT2D eigenvalue weighted by atomic mass is 35.5. The van der Waals surface area contributed by atoms with Crippen LogP contribution in [0.4, 0.5) is 5.69 Å². The first kappa shape index (κ1) is 16.9. The fourth-order valence-corrected chi connectivity index (χ4v) is 1.76. The number of hydrogen-bond acceptors (Lipinski definition) is 3. The third-order valence-electron chi connectivity index (χ3n) is 2.38. The van der Waals surface area contributed by atoms with Crippen LogP contribution in [-0.4, -0.2) is 12.0 Å². The molecule has 0 spiro atoms. The molecule has 1 amide bonds. The summed E-state index contributed by atoms with van der Waals surface area (Å²) in [6, 6.07) is 3.24. The van der Waals surface area contributed by atoms with Gasteiger partial charge in [0.1, 0.15) is 5.75 Å². The predicted molar refractivity (Wildman–Crippen MR) is 83.4 cm³/mol. The lowest BCUT2D eigenvalue weighted by atomic mass is 9.96. The Labute approximate surface area is 129 Å². The van der Waals surface area contributed by atoms with Crippen LogP contribution < -0.4 is 15.6 Å². The summed E-state index contributed by atoms with van der Waals surface area (Å²) < 4.78 is 5.57. The summed E-state index contributed by atoms with van der Waals surface area (Å²) in [6.07, 6.45) is -0.00862. The summed E-state index contributed by atoms with van der Waals surface area (Å²) >= 11 is 12.1. The fraction of sp³-hybridized carbons (Fsp3) is 0.500. The van der Waals surface area contributed by atoms with Crippen molar-refractivity contribution in [2.45, 2.75) is 40.7 Å². The van der Waals surface area contributed by atoms with Crippen LogP contribution in [-0.2, 0) is 4.79 Å². The van der Waals surface area contributed by atoms with Crippen molar-refractivity contribution in [3.05, 3.63) is 22.2 Å². The van der Waals surface area contributed by atoms with Gasteiger partial charge < -0.3 is 4.74 Å². The van der Waals surface area contributed by atoms with Crippen LogP contribution in [0.25, 0.3) is 0 Å². The minimum Gasteiger partial charge on any atom is -0.489 e. The normalized spacial score (nSPS) is 11.4. The zero-order chi connectivity index (χ0) is 15.5. The van der Waals surface area contributed by atoms with Gasteiger partial charge in [0.2, 0.25) is 5.91 Å². The van der Waals surface area contributed by atoms with Gasteiger partial charge in [-0.3, -0.25) is 15.6 Å². The molecule has 0 saturated heterocycles. The highest BCUT2D eigenvalue weighted by Crippen LogP contribution is 2.34. The molecule has 1 aromatic carbocycles. The summed E-state index contributed by atoms with van der Waals surface area (Å²) in [7, 11) is 0. The van der Waals surface area contributed by atoms with Gasteiger partial charge >= 0.3 is 0 Å². The Balaban J connectivity index is 2.87. The second kappa shape index (κ2) is 6.55. The van der Waals surface area contributed by atoms with Crippen molar-refractivity contribution >= 4 is 34.8 Å². The first-order chi connectivity index (χ1) is 9.11. The molecule has 0 radical (unpaired) electrons. The molecule has 4 nitrogen and oxygen atoms in total. The number of benzene rings is 1. The molecule has 0 fully saturated rings. The summed E-state index contributed by atoms with van der Waals surface area (Å²) in [5, 5.41) is 0.830. The lowest BCUT2D eigenvalue weighted by Crippen LogP contribution is -2.38. The van der Waals surface area contributed by atoms with E-state index in [1.165, 1.54) is 0 Å². The lowest BCUT2D eigenvalue weighted by Gasteiger charge is -2.20. The van der Waals surface area contributed by atoms with E-state index in [2.05, 4.69) is 10.9 Å². The van der Waals surface area contributed by atoms with Gasteiger partial charge in [-0.25, -0.2) is 0 Å². The molecule has 0 atom stereocenters. The average molecular weight is 319 g/mol. The van der Waals surface area contributed by atoms with Gasteiger partial charge in [-0.2, -0.15) is 0 Å². The minimum atomic E-state index is -0.497. The monoisotopic (exact) mass is 318 g/mol. The molecule has 20 heavy (non-hydrogen) atoms. The number of hydrazine groups is 1. The second-order valence-electron chi connectivity index (χ2n) is 5.76. The van der Waals surface area contributed by atoms with Crippen LogP contribution in [0.15, 0.2) is 12.1 Å². The number of rotatable bonds is 4. The second-order valence-corrected chi connectivity index (χ2v) is 6.57. The molecule has 112 valence electrons. The molecule has 0 saturated carbocycles. The number of ether oxygens (including phenoxy) is 1. The van der Waals surface area contributed by atoms with Crippen LogP contribution in [0.5, 0.6) is 5.75 Å². The van der Waals surface area contributed by atoms with Gasteiger partial charge in [0.25, 0.3) is 0 Å². The van der Waals surface area contributed by atoms with Gasteiger partial charge in [0.15, 0.2) is 0 Å². The van der Waals surface area contributed by atoms with Crippen molar-refractivity contribution < 1.29 is 9.53 Å². The number of carbonyl (C=O) groups excluding carboxylic acids is 1. The maximum absolute atomic E-state index is 11.8. The fourth-order valence-electron chi connectivity index (χ4n) is 1.28. The van der Waals surface area contributed by atoms with Crippen molar-refractivity contribution in [3.63, 3.8) is 0 Å². The van der Waals surface area contributed by atoms with E-state index in [0.29, 0.717) is 21.5 Å². The molecule has 2 N–H and O–H groups in total. The van der Waals surface area contributed by atoms with Crippen molar-refractivity contribution in [1.29, 1.82) is 0 Å². The van der Waals surface area contributed by atoms with Crippen LogP contribution in [0.1, 0.15) is 34.6 Å². The number of anilines is 1. The van der Waals surface area contributed by atoms with E-state index in [9.17, 15) is 4.79 Å². The van der Waals surface area contributed by atoms with Crippen molar-refractivity contribution in [2.75, 3.05) is 5.43 Å². The summed E-state index contributed by atoms with van der Waals surface area (Å²) in [4.78, 5) is 11.8. The first-order valence-corrected chi connectivity index (χ1v) is 7.09. The summed E-state index contributed by atoms with van der Waals surface area (Å²) in [5.41, 5.74) is 5.43. The Bertz CT molecular complexity index is 497. The van der Waals surface area contributed by atoms with Gasteiger partial charge in [0, 0.05) is 11.5 Å². The zero-order valence-corrected chi connectivity index (χ0v) is 13.8. The van der Waals surface area contributed by atoms with E-state index < -0.39 is 5.41 Å². The molecule has 0 aliphatic carbocycles. The van der Waals surface area contributed by atoms with Crippen molar-refractivity contribution in [3.8, 4) is 5.75 Å². The van der Waals surface area contributed by atoms with Gasteiger partial charge in [-0.1, -0.05) is 44.0 Å². The average Bonchev–Trinajstić information content (AvgIpc) is 2.28. The van der Waals surface area contributed by atoms with Gasteiger partial charge in [-0.15, -0.1) is 0 Å². The van der Waals surface area contributed by atoms with E-state index in [1.807, 2.05) is 34.6 Å². The maximum atomic E-state index is 11.8. The Morgan fingerprint density at radius 3 is 2.30 bits per heavy atom. The molecule has 0 aliphatic rings. The van der Waals surface area contributed by atoms with E-state index in [0.717, 1.165) is 0 Å². The number of hydrogen-bond donors (Lipinski definition) is 2. The third-order valence-corrected chi connectivity index (χ3v) is 2.98. The van der Waals surface area contributed by atoms with E-state index in [4.69, 9.17) is 27.9 Å². The lowest BCUT2D eigenvalue weighted by molar-refractivity contribution is -0.127. The predicted octanol–water partition coefficient (Wildman–Crippen LogP) is 4.27. The number of nitrogens with one attached hydrogen (secondary N) is 2. The minimum absolute atomic E-state index is 0.00862. The van der Waals surface area contributed by atoms with E-state index in [-0.39, 0.29) is 12.0 Å². The molecule has 0 aromatic heterocycles. The van der Waals surface area contributed by atoms with Crippen LogP contribution in [0.2, 0.25) is 10.0 Å². The van der Waals surface area contributed by atoms with Gasteiger partial charge in [0.05, 0.1) is 21.8 Å². The summed E-state index contributed by atoms with van der Waals surface area (Å²) in [5.74, 6) is 0.369. The molecular weight excluding hydrogens is 299 g/mol. The molecule has 6 heteroatoms. The topological polar surface area (TPSA) is 50.4 Å². The zero-order valence-electron chi connectivity index (χ0n) is 12.3. The van der Waals surface area contributed by atoms with Crippen LogP contribution in [0.3, 0.4) is 0 Å². The van der Waals surface area contributed by atoms with Crippen LogP contribution in [0, 0.1) is 5.41 Å². The van der Waals surface area contributed by atoms with Gasteiger partial charge in [-0.05, 0) is 19.9 Å². The van der Waals surface area contributed by atoms with Crippen LogP contribution >= 0.6 is 23.2 Å². The highest BCUT2D eigenvalue weighted by Gasteiger charge is 2.21. The van der Waals surface area contributed by atoms with E-state index in [1.54, 1.807) is 12.1 Å². The van der Waals surface area contributed by atoms with Crippen molar-refractivity contribution in [2.24, 2.45) is 5.41 Å². The Kier molecular flexibility index (Phi) is 5.54. The molecule has 0 aliphatic heterocycles. The standard InChI is InChI=1S/C14H20Cl2N2O2/c1-8(2)20-12-7-11(9(15)6-10(12)16)17-18-13(19)14(3,4)5/h6-8,17H,1-5H3,(H,18,19). The molecule has 0 heterocycles. The maximum Gasteiger partial charge on any atom is 0.243 e. The number of amides is 1. The Morgan fingerprint density at radius 1 is 1.20 bits per heavy atom. The molecule has 1 rings (SSSR count). The molecular formula is C14H20Cl2N2O2. The number of halogens is 2. The van der Waals surface area contributed by atoms with E-state index >= 15 is 0 Å². The smallest absolute Gasteiger partial charge is 0.243 e. The quantitative estimate of drug-likeness (QED) is 0.815. The first-order valence-electron chi connectivity index (χ1n) is 6.33. The Morgan fingerprint density at radius 2 is 1.80 bits per heavy atom. The summed E-state index contributed by atoms with van der Waals surface area (Å²) in [6.45, 7) is 9.27. The molecule has 0 unspecified atom stereocenters. The SMILES string of the molecule is CC(C)Oc1cc(NNC(=O)C(C)(C)C)c(Cl)cc1Cl. The van der Waals surface area contributed by atoms with Crippen molar-refractivity contribution in [1.82, 2.24) is 5.43 Å². The third kappa shape index (κ3) is 4.76. The largest absolute Gasteiger partial charge is 0.489 e. The highest BCUT2D eigenvalue weighted by molar-refractivity contribution is 6.37. The Hall–Kier alpha value is -1.13. The number of carbonyl (C=O) groups is 1.